The van der Waals surface area contributed by atoms with Gasteiger partial charge in [0.05, 0.1) is 0 Å². The highest BCUT2D eigenvalue weighted by Crippen LogP contribution is 2.22. The Kier molecular flexibility index (Phi) is 7.19. The quantitative estimate of drug-likeness (QED) is 0.603. The standard InChI is InChI=1S/C23H25N3O3/c1-26(2)16-19-8-6-18(7-9-19)15-25-22(27)17-28-20-10-12-21(13-11-20)29-23-5-3-4-14-24-23/h3-14H,15-17H2,1-2H3,(H,25,27). The number of ether oxygens (including phenoxy) is 2. The second-order valence-electron chi connectivity index (χ2n) is 6.86. The van der Waals surface area contributed by atoms with Crippen molar-refractivity contribution in [2.24, 2.45) is 0 Å². The maximum absolute atomic E-state index is 12.0. The Labute approximate surface area is 171 Å². The summed E-state index contributed by atoms with van der Waals surface area (Å²) < 4.78 is 11.2. The Bertz CT molecular complexity index is 895. The SMILES string of the molecule is CN(C)Cc1ccc(CNC(=O)COc2ccc(Oc3ccccn3)cc2)cc1. The minimum atomic E-state index is -0.170. The summed E-state index contributed by atoms with van der Waals surface area (Å²) in [6.45, 7) is 1.33. The van der Waals surface area contributed by atoms with Crippen LogP contribution >= 0.6 is 0 Å². The lowest BCUT2D eigenvalue weighted by Crippen LogP contribution is -2.28. The first-order chi connectivity index (χ1) is 14.1. The molecule has 0 saturated carbocycles. The van der Waals surface area contributed by atoms with Gasteiger partial charge in [-0.05, 0) is 55.6 Å². The topological polar surface area (TPSA) is 63.7 Å². The third-order valence-electron chi connectivity index (χ3n) is 4.07. The normalized spacial score (nSPS) is 10.6. The average Bonchev–Trinajstić information content (AvgIpc) is 2.73. The Morgan fingerprint density at radius 3 is 2.28 bits per heavy atom. The van der Waals surface area contributed by atoms with Crippen LogP contribution in [0, 0.1) is 0 Å². The van der Waals surface area contributed by atoms with E-state index in [1.165, 1.54) is 5.56 Å². The van der Waals surface area contributed by atoms with Gasteiger partial charge in [0.2, 0.25) is 5.88 Å². The highest BCUT2D eigenvalue weighted by atomic mass is 16.5. The number of carbonyl (C=O) groups is 1. The largest absolute Gasteiger partial charge is 0.484 e. The third kappa shape index (κ3) is 6.93. The van der Waals surface area contributed by atoms with Gasteiger partial charge in [-0.3, -0.25) is 4.79 Å². The fourth-order valence-electron chi connectivity index (χ4n) is 2.66. The van der Waals surface area contributed by atoms with Crippen molar-refractivity contribution in [1.82, 2.24) is 15.2 Å². The highest BCUT2D eigenvalue weighted by molar-refractivity contribution is 5.77. The first-order valence-electron chi connectivity index (χ1n) is 9.39. The lowest BCUT2D eigenvalue weighted by atomic mass is 10.1. The molecule has 0 radical (unpaired) electrons. The Morgan fingerprint density at radius 1 is 0.931 bits per heavy atom. The van der Waals surface area contributed by atoms with Crippen LogP contribution in [0.25, 0.3) is 0 Å². The molecule has 6 nitrogen and oxygen atoms in total. The van der Waals surface area contributed by atoms with Crippen molar-refractivity contribution in [2.45, 2.75) is 13.1 Å². The van der Waals surface area contributed by atoms with Gasteiger partial charge in [-0.15, -0.1) is 0 Å². The number of rotatable bonds is 9. The smallest absolute Gasteiger partial charge is 0.258 e. The number of nitrogens with one attached hydrogen (secondary N) is 1. The fourth-order valence-corrected chi connectivity index (χ4v) is 2.66. The van der Waals surface area contributed by atoms with Crippen LogP contribution in [-0.4, -0.2) is 36.5 Å². The van der Waals surface area contributed by atoms with Crippen molar-refractivity contribution in [3.8, 4) is 17.4 Å². The van der Waals surface area contributed by atoms with E-state index in [2.05, 4.69) is 27.3 Å². The maximum atomic E-state index is 12.0. The molecule has 0 atom stereocenters. The van der Waals surface area contributed by atoms with Crippen molar-refractivity contribution in [3.05, 3.63) is 84.1 Å². The van der Waals surface area contributed by atoms with Crippen LogP contribution < -0.4 is 14.8 Å². The molecular formula is C23H25N3O3. The van der Waals surface area contributed by atoms with Gasteiger partial charge < -0.3 is 19.7 Å². The van der Waals surface area contributed by atoms with E-state index in [-0.39, 0.29) is 12.5 Å². The van der Waals surface area contributed by atoms with Gasteiger partial charge in [-0.2, -0.15) is 0 Å². The number of hydrogen-bond acceptors (Lipinski definition) is 5. The Morgan fingerprint density at radius 2 is 1.62 bits per heavy atom. The van der Waals surface area contributed by atoms with Crippen LogP contribution in [0.5, 0.6) is 17.4 Å². The summed E-state index contributed by atoms with van der Waals surface area (Å²) in [5.41, 5.74) is 2.29. The summed E-state index contributed by atoms with van der Waals surface area (Å²) >= 11 is 0. The molecule has 1 N–H and O–H groups in total. The van der Waals surface area contributed by atoms with Crippen LogP contribution in [0.3, 0.4) is 0 Å². The van der Waals surface area contributed by atoms with E-state index in [0.29, 0.717) is 23.9 Å². The van der Waals surface area contributed by atoms with E-state index in [9.17, 15) is 4.79 Å². The van der Waals surface area contributed by atoms with Crippen molar-refractivity contribution in [1.29, 1.82) is 0 Å². The summed E-state index contributed by atoms with van der Waals surface area (Å²) in [6.07, 6.45) is 1.67. The van der Waals surface area contributed by atoms with Crippen LogP contribution in [0.15, 0.2) is 72.9 Å². The van der Waals surface area contributed by atoms with E-state index in [1.54, 1.807) is 36.5 Å². The second-order valence-corrected chi connectivity index (χ2v) is 6.86. The molecule has 3 rings (SSSR count). The monoisotopic (exact) mass is 391 g/mol. The highest BCUT2D eigenvalue weighted by Gasteiger charge is 2.04. The number of benzene rings is 2. The zero-order valence-electron chi connectivity index (χ0n) is 16.7. The van der Waals surface area contributed by atoms with Crippen LogP contribution in [0.2, 0.25) is 0 Å². The van der Waals surface area contributed by atoms with E-state index >= 15 is 0 Å². The fraction of sp³-hybridized carbons (Fsp3) is 0.217. The van der Waals surface area contributed by atoms with Crippen molar-refractivity contribution >= 4 is 5.91 Å². The van der Waals surface area contributed by atoms with Crippen LogP contribution in [0.4, 0.5) is 0 Å². The zero-order valence-corrected chi connectivity index (χ0v) is 16.7. The zero-order chi connectivity index (χ0) is 20.5. The molecule has 0 aliphatic rings. The number of amides is 1. The number of aromatic nitrogens is 1. The summed E-state index contributed by atoms with van der Waals surface area (Å²) in [6, 6.07) is 20.7. The summed E-state index contributed by atoms with van der Waals surface area (Å²) in [5, 5.41) is 2.87. The molecule has 0 fully saturated rings. The molecule has 0 aliphatic carbocycles. The van der Waals surface area contributed by atoms with Gasteiger partial charge in [0.25, 0.3) is 5.91 Å². The van der Waals surface area contributed by atoms with Gasteiger partial charge in [0.15, 0.2) is 6.61 Å². The molecule has 1 amide bonds. The molecule has 0 unspecified atom stereocenters. The van der Waals surface area contributed by atoms with Crippen LogP contribution in [0.1, 0.15) is 11.1 Å². The van der Waals surface area contributed by atoms with E-state index in [0.717, 1.165) is 12.1 Å². The van der Waals surface area contributed by atoms with Crippen molar-refractivity contribution in [2.75, 3.05) is 20.7 Å². The maximum Gasteiger partial charge on any atom is 0.258 e. The molecule has 6 heteroatoms. The number of pyridine rings is 1. The number of hydrogen-bond donors (Lipinski definition) is 1. The predicted octanol–water partition coefficient (Wildman–Crippen LogP) is 3.63. The molecule has 0 aliphatic heterocycles. The molecule has 1 aromatic heterocycles. The molecule has 29 heavy (non-hydrogen) atoms. The minimum Gasteiger partial charge on any atom is -0.484 e. The van der Waals surface area contributed by atoms with E-state index in [1.807, 2.05) is 38.4 Å². The van der Waals surface area contributed by atoms with Crippen molar-refractivity contribution < 1.29 is 14.3 Å². The molecule has 1 heterocycles. The lowest BCUT2D eigenvalue weighted by Gasteiger charge is -2.11. The first-order valence-corrected chi connectivity index (χ1v) is 9.39. The molecule has 2 aromatic carbocycles. The summed E-state index contributed by atoms with van der Waals surface area (Å²) in [7, 11) is 4.07. The molecule has 0 bridgehead atoms. The van der Waals surface area contributed by atoms with E-state index < -0.39 is 0 Å². The summed E-state index contributed by atoms with van der Waals surface area (Å²) in [4.78, 5) is 18.3. The number of nitrogens with zero attached hydrogens (tertiary/aromatic N) is 2. The van der Waals surface area contributed by atoms with Gasteiger partial charge in [0, 0.05) is 25.4 Å². The van der Waals surface area contributed by atoms with E-state index in [4.69, 9.17) is 9.47 Å². The van der Waals surface area contributed by atoms with Gasteiger partial charge in [-0.25, -0.2) is 4.98 Å². The predicted molar refractivity (Wildman–Crippen MR) is 112 cm³/mol. The molecular weight excluding hydrogens is 366 g/mol. The molecule has 150 valence electrons. The first kappa shape index (κ1) is 20.4. The van der Waals surface area contributed by atoms with Gasteiger partial charge >= 0.3 is 0 Å². The second kappa shape index (κ2) is 10.2. The summed E-state index contributed by atoms with van der Waals surface area (Å²) in [5.74, 6) is 1.60. The lowest BCUT2D eigenvalue weighted by molar-refractivity contribution is -0.123. The average molecular weight is 391 g/mol. The minimum absolute atomic E-state index is 0.0425. The van der Waals surface area contributed by atoms with Crippen LogP contribution in [-0.2, 0) is 17.9 Å². The molecule has 0 saturated heterocycles. The Balaban J connectivity index is 1.41. The number of carbonyl (C=O) groups excluding carboxylic acids is 1. The molecule has 0 spiro atoms. The molecule has 3 aromatic rings. The third-order valence-corrected chi connectivity index (χ3v) is 4.07. The Hall–Kier alpha value is -3.38. The van der Waals surface area contributed by atoms with Gasteiger partial charge in [-0.1, -0.05) is 30.3 Å². The van der Waals surface area contributed by atoms with Gasteiger partial charge in [0.1, 0.15) is 11.5 Å². The van der Waals surface area contributed by atoms with Crippen molar-refractivity contribution in [3.63, 3.8) is 0 Å².